The summed E-state index contributed by atoms with van der Waals surface area (Å²) in [6.45, 7) is 2.61. The molecule has 4 atom stereocenters. The number of hydrogen-bond acceptors (Lipinski definition) is 3. The highest BCUT2D eigenvalue weighted by molar-refractivity contribution is 5.29. The van der Waals surface area contributed by atoms with Gasteiger partial charge in [0.1, 0.15) is 0 Å². The van der Waals surface area contributed by atoms with E-state index in [-0.39, 0.29) is 5.75 Å². The zero-order valence-corrected chi connectivity index (χ0v) is 15.1. The maximum Gasteiger partial charge on any atom is 0.165 e. The van der Waals surface area contributed by atoms with Crippen LogP contribution in [0.3, 0.4) is 0 Å². The van der Waals surface area contributed by atoms with Crippen LogP contribution < -0.4 is 0 Å². The molecule has 0 bridgehead atoms. The maximum absolute atomic E-state index is 13.5. The molecule has 0 aromatic heterocycles. The molecule has 1 aromatic carbocycles. The van der Waals surface area contributed by atoms with Gasteiger partial charge in [-0.3, -0.25) is 4.90 Å². The highest BCUT2D eigenvalue weighted by atomic mass is 19.1. The van der Waals surface area contributed by atoms with E-state index in [1.54, 1.807) is 6.07 Å². The first-order valence-electron chi connectivity index (χ1n) is 9.83. The molecule has 0 spiro atoms. The summed E-state index contributed by atoms with van der Waals surface area (Å²) < 4.78 is 13.5. The molecule has 3 nitrogen and oxygen atoms in total. The molecule has 2 unspecified atom stereocenters. The van der Waals surface area contributed by atoms with Crippen molar-refractivity contribution in [3.8, 4) is 5.75 Å². The second-order valence-electron chi connectivity index (χ2n) is 8.27. The SMILES string of the molecule is Oc1ccc(C(O)CN2C[C@H]3CC(CC4=CCCC=C4)C[C@H]3C2)cc1F. The Hall–Kier alpha value is -1.65. The molecule has 2 fully saturated rings. The monoisotopic (exact) mass is 357 g/mol. The number of allylic oxidation sites excluding steroid dienone is 4. The molecule has 26 heavy (non-hydrogen) atoms. The third-order valence-corrected chi connectivity index (χ3v) is 6.31. The van der Waals surface area contributed by atoms with Gasteiger partial charge in [0.25, 0.3) is 0 Å². The average Bonchev–Trinajstić information content (AvgIpc) is 3.16. The largest absolute Gasteiger partial charge is 0.505 e. The molecule has 1 aliphatic heterocycles. The van der Waals surface area contributed by atoms with Crippen molar-refractivity contribution in [3.63, 3.8) is 0 Å². The number of benzene rings is 1. The van der Waals surface area contributed by atoms with Gasteiger partial charge < -0.3 is 10.2 Å². The van der Waals surface area contributed by atoms with E-state index in [9.17, 15) is 14.6 Å². The Morgan fingerprint density at radius 2 is 1.92 bits per heavy atom. The number of phenols is 1. The van der Waals surface area contributed by atoms with Gasteiger partial charge in [0, 0.05) is 19.6 Å². The summed E-state index contributed by atoms with van der Waals surface area (Å²) in [6, 6.07) is 4.14. The summed E-state index contributed by atoms with van der Waals surface area (Å²) in [5, 5.41) is 19.7. The summed E-state index contributed by atoms with van der Waals surface area (Å²) in [5.41, 5.74) is 2.05. The minimum atomic E-state index is -0.711. The van der Waals surface area contributed by atoms with Crippen molar-refractivity contribution in [2.45, 2.75) is 38.2 Å². The van der Waals surface area contributed by atoms with Crippen molar-refractivity contribution < 1.29 is 14.6 Å². The molecule has 1 saturated carbocycles. The Balaban J connectivity index is 1.28. The zero-order valence-electron chi connectivity index (χ0n) is 15.1. The van der Waals surface area contributed by atoms with Gasteiger partial charge in [0.2, 0.25) is 0 Å². The van der Waals surface area contributed by atoms with Gasteiger partial charge in [-0.2, -0.15) is 0 Å². The number of aliphatic hydroxyl groups is 1. The molecule has 0 amide bonds. The highest BCUT2D eigenvalue weighted by Crippen LogP contribution is 2.44. The lowest BCUT2D eigenvalue weighted by Gasteiger charge is -2.22. The van der Waals surface area contributed by atoms with E-state index < -0.39 is 11.9 Å². The zero-order chi connectivity index (χ0) is 18.1. The Kier molecular flexibility index (Phi) is 5.14. The second kappa shape index (κ2) is 7.53. The summed E-state index contributed by atoms with van der Waals surface area (Å²) in [6.07, 6.45) is 12.4. The minimum absolute atomic E-state index is 0.370. The van der Waals surface area contributed by atoms with E-state index >= 15 is 0 Å². The Morgan fingerprint density at radius 1 is 1.15 bits per heavy atom. The van der Waals surface area contributed by atoms with Gasteiger partial charge >= 0.3 is 0 Å². The molecule has 2 N–H and O–H groups in total. The van der Waals surface area contributed by atoms with Gasteiger partial charge in [0.05, 0.1) is 6.10 Å². The van der Waals surface area contributed by atoms with Crippen molar-refractivity contribution in [2.75, 3.05) is 19.6 Å². The van der Waals surface area contributed by atoms with E-state index in [1.165, 1.54) is 49.8 Å². The average molecular weight is 357 g/mol. The number of likely N-dealkylation sites (tertiary alicyclic amines) is 1. The maximum atomic E-state index is 13.5. The summed E-state index contributed by atoms with van der Waals surface area (Å²) in [4.78, 5) is 2.32. The molecule has 1 aromatic rings. The van der Waals surface area contributed by atoms with Crippen LogP contribution in [0.2, 0.25) is 0 Å². The van der Waals surface area contributed by atoms with Crippen LogP contribution in [0.15, 0.2) is 42.0 Å². The molecular formula is C22H28FNO2. The highest BCUT2D eigenvalue weighted by Gasteiger charge is 2.41. The third kappa shape index (κ3) is 3.86. The first-order valence-corrected chi connectivity index (χ1v) is 9.83. The van der Waals surface area contributed by atoms with Gasteiger partial charge in [-0.25, -0.2) is 4.39 Å². The van der Waals surface area contributed by atoms with E-state index in [0.29, 0.717) is 12.1 Å². The van der Waals surface area contributed by atoms with Crippen LogP contribution in [0.1, 0.15) is 43.8 Å². The number of aliphatic hydroxyl groups excluding tert-OH is 1. The fraction of sp³-hybridized carbons (Fsp3) is 0.545. The van der Waals surface area contributed by atoms with Gasteiger partial charge in [-0.1, -0.05) is 29.9 Å². The van der Waals surface area contributed by atoms with Crippen LogP contribution in [0.4, 0.5) is 4.39 Å². The topological polar surface area (TPSA) is 43.7 Å². The Bertz CT molecular complexity index is 700. The summed E-state index contributed by atoms with van der Waals surface area (Å²) in [5.74, 6) is 1.23. The quantitative estimate of drug-likeness (QED) is 0.830. The summed E-state index contributed by atoms with van der Waals surface area (Å²) >= 11 is 0. The fourth-order valence-electron chi connectivity index (χ4n) is 5.07. The first-order chi connectivity index (χ1) is 12.6. The van der Waals surface area contributed by atoms with E-state index in [2.05, 4.69) is 23.1 Å². The van der Waals surface area contributed by atoms with Crippen molar-refractivity contribution in [1.82, 2.24) is 4.90 Å². The number of halogens is 1. The number of rotatable bonds is 5. The molecular weight excluding hydrogens is 329 g/mol. The van der Waals surface area contributed by atoms with Crippen LogP contribution in [-0.4, -0.2) is 34.7 Å². The first kappa shape index (κ1) is 17.7. The van der Waals surface area contributed by atoms with Crippen LogP contribution in [-0.2, 0) is 0 Å². The minimum Gasteiger partial charge on any atom is -0.505 e. The fourth-order valence-corrected chi connectivity index (χ4v) is 5.07. The second-order valence-corrected chi connectivity index (χ2v) is 8.27. The van der Waals surface area contributed by atoms with Crippen molar-refractivity contribution in [2.24, 2.45) is 17.8 Å². The predicted molar refractivity (Wildman–Crippen MR) is 100 cm³/mol. The lowest BCUT2D eigenvalue weighted by Crippen LogP contribution is -2.28. The normalized spacial score (nSPS) is 29.6. The van der Waals surface area contributed by atoms with Gasteiger partial charge in [-0.15, -0.1) is 0 Å². The number of aromatic hydroxyl groups is 1. The molecule has 3 aliphatic rings. The van der Waals surface area contributed by atoms with Crippen molar-refractivity contribution >= 4 is 0 Å². The van der Waals surface area contributed by atoms with Crippen LogP contribution in [0.25, 0.3) is 0 Å². The third-order valence-electron chi connectivity index (χ3n) is 6.31. The Morgan fingerprint density at radius 3 is 2.58 bits per heavy atom. The lowest BCUT2D eigenvalue weighted by atomic mass is 9.93. The smallest absolute Gasteiger partial charge is 0.165 e. The van der Waals surface area contributed by atoms with E-state index in [4.69, 9.17) is 0 Å². The summed E-state index contributed by atoms with van der Waals surface area (Å²) in [7, 11) is 0. The van der Waals surface area contributed by atoms with Crippen LogP contribution in [0.5, 0.6) is 5.75 Å². The van der Waals surface area contributed by atoms with Crippen molar-refractivity contribution in [1.29, 1.82) is 0 Å². The molecule has 4 heteroatoms. The standard InChI is InChI=1S/C22H28FNO2/c23-20-11-17(6-7-21(20)25)22(26)14-24-12-18-9-16(10-19(18)13-24)8-15-4-2-1-3-5-15/h2,4-7,11,16,18-19,22,25-26H,1,3,8-10,12-14H2/t16?,18-,19+,22?. The predicted octanol–water partition coefficient (Wildman–Crippen LogP) is 4.19. The van der Waals surface area contributed by atoms with Crippen LogP contribution in [0, 0.1) is 23.6 Å². The Labute approximate surface area is 154 Å². The van der Waals surface area contributed by atoms with Crippen LogP contribution >= 0.6 is 0 Å². The molecule has 4 rings (SSSR count). The van der Waals surface area contributed by atoms with E-state index in [0.717, 1.165) is 30.8 Å². The van der Waals surface area contributed by atoms with E-state index in [1.807, 2.05) is 0 Å². The molecule has 0 radical (unpaired) electrons. The van der Waals surface area contributed by atoms with Gasteiger partial charge in [0.15, 0.2) is 11.6 Å². The molecule has 2 aliphatic carbocycles. The number of phenolic OH excluding ortho intramolecular Hbond substituents is 1. The van der Waals surface area contributed by atoms with Crippen molar-refractivity contribution in [3.05, 3.63) is 53.4 Å². The number of fused-ring (bicyclic) bond motifs is 1. The number of β-amino-alcohol motifs (C(OH)–C–C–N with tert-alkyl or cyclic N) is 1. The number of hydrogen-bond donors (Lipinski definition) is 2. The molecule has 1 saturated heterocycles. The number of nitrogens with zero attached hydrogens (tertiary/aromatic N) is 1. The molecule has 140 valence electrons. The van der Waals surface area contributed by atoms with Gasteiger partial charge in [-0.05, 0) is 67.6 Å². The lowest BCUT2D eigenvalue weighted by molar-refractivity contribution is 0.120. The molecule has 1 heterocycles.